The summed E-state index contributed by atoms with van der Waals surface area (Å²) in [4.78, 5) is 24.1. The van der Waals surface area contributed by atoms with Gasteiger partial charge >= 0.3 is 0 Å². The normalized spacial score (nSPS) is 14.0. The number of carbonyl (C=O) groups is 1. The van der Waals surface area contributed by atoms with Crippen LogP contribution in [-0.4, -0.2) is 39.8 Å². The van der Waals surface area contributed by atoms with Crippen LogP contribution in [0, 0.1) is 5.92 Å². The summed E-state index contributed by atoms with van der Waals surface area (Å²) >= 11 is 1.15. The molecular weight excluding hydrogens is 368 g/mol. The van der Waals surface area contributed by atoms with E-state index < -0.39 is 0 Å². The summed E-state index contributed by atoms with van der Waals surface area (Å²) in [7, 11) is 0. The summed E-state index contributed by atoms with van der Waals surface area (Å²) in [6, 6.07) is 5.57. The molecule has 0 saturated heterocycles. The van der Waals surface area contributed by atoms with E-state index in [0.29, 0.717) is 24.1 Å². The Morgan fingerprint density at radius 1 is 1.15 bits per heavy atom. The minimum atomic E-state index is -0.164. The van der Waals surface area contributed by atoms with E-state index in [9.17, 15) is 4.79 Å². The van der Waals surface area contributed by atoms with E-state index in [1.807, 2.05) is 32.0 Å². The van der Waals surface area contributed by atoms with Gasteiger partial charge in [-0.15, -0.1) is 0 Å². The Hall–Kier alpha value is -2.75. The van der Waals surface area contributed by atoms with Gasteiger partial charge in [0.2, 0.25) is 17.8 Å². The molecule has 5 N–H and O–H groups in total. The van der Waals surface area contributed by atoms with Crippen molar-refractivity contribution in [2.75, 3.05) is 30.4 Å². The quantitative estimate of drug-likeness (QED) is 0.625. The van der Waals surface area contributed by atoms with Gasteiger partial charge in [-0.25, -0.2) is 0 Å². The second-order valence-electron chi connectivity index (χ2n) is 6.32. The number of thioether (sulfide) groups is 1. The molecule has 2 heterocycles. The number of ether oxygens (including phenoxy) is 2. The van der Waals surface area contributed by atoms with Crippen LogP contribution >= 0.6 is 11.8 Å². The van der Waals surface area contributed by atoms with Crippen molar-refractivity contribution >= 4 is 29.6 Å². The molecule has 9 nitrogen and oxygen atoms in total. The van der Waals surface area contributed by atoms with E-state index in [2.05, 4.69) is 20.3 Å². The molecule has 0 bridgehead atoms. The first-order valence-electron chi connectivity index (χ1n) is 8.51. The number of rotatable bonds is 6. The number of fused-ring (bicyclic) bond motifs is 1. The molecule has 1 amide bonds. The Morgan fingerprint density at radius 2 is 1.81 bits per heavy atom. The molecule has 1 aliphatic rings. The Balaban J connectivity index is 1.66. The zero-order chi connectivity index (χ0) is 19.4. The van der Waals surface area contributed by atoms with Gasteiger partial charge in [-0.3, -0.25) is 4.79 Å². The Morgan fingerprint density at radius 3 is 2.48 bits per heavy atom. The van der Waals surface area contributed by atoms with Crippen LogP contribution in [-0.2, 0) is 4.79 Å². The van der Waals surface area contributed by atoms with Crippen LogP contribution in [0.25, 0.3) is 0 Å². The second-order valence-corrected chi connectivity index (χ2v) is 7.26. The molecule has 3 rings (SSSR count). The van der Waals surface area contributed by atoms with Crippen molar-refractivity contribution in [1.29, 1.82) is 0 Å². The minimum absolute atomic E-state index is 0.0294. The average Bonchev–Trinajstić information content (AvgIpc) is 2.63. The van der Waals surface area contributed by atoms with Gasteiger partial charge in [0.15, 0.2) is 16.7 Å². The Labute approximate surface area is 161 Å². The maximum Gasteiger partial charge on any atom is 0.230 e. The van der Waals surface area contributed by atoms with Crippen molar-refractivity contribution in [3.05, 3.63) is 23.8 Å². The number of carbonyl (C=O) groups excluding carboxylic acids is 1. The molecule has 144 valence electrons. The Kier molecular flexibility index (Phi) is 5.84. The summed E-state index contributed by atoms with van der Waals surface area (Å²) in [6.07, 6.45) is 0. The van der Waals surface area contributed by atoms with Crippen molar-refractivity contribution in [3.8, 4) is 11.5 Å². The van der Waals surface area contributed by atoms with E-state index in [1.165, 1.54) is 0 Å². The van der Waals surface area contributed by atoms with E-state index in [-0.39, 0.29) is 35.5 Å². The summed E-state index contributed by atoms with van der Waals surface area (Å²) in [6.45, 7) is 5.15. The number of nitrogens with two attached hydrogens (primary N) is 2. The fourth-order valence-corrected chi connectivity index (χ4v) is 3.35. The fourth-order valence-electron chi connectivity index (χ4n) is 2.69. The van der Waals surface area contributed by atoms with Crippen molar-refractivity contribution in [3.63, 3.8) is 0 Å². The third-order valence-electron chi connectivity index (χ3n) is 3.89. The predicted molar refractivity (Wildman–Crippen MR) is 103 cm³/mol. The van der Waals surface area contributed by atoms with Crippen LogP contribution in [0.2, 0.25) is 0 Å². The van der Waals surface area contributed by atoms with Crippen molar-refractivity contribution in [2.24, 2.45) is 5.92 Å². The number of nitrogen functional groups attached to an aromatic ring is 2. The van der Waals surface area contributed by atoms with Gasteiger partial charge in [-0.1, -0.05) is 31.7 Å². The second kappa shape index (κ2) is 8.30. The average molecular weight is 390 g/mol. The first kappa shape index (κ1) is 19.0. The number of amides is 1. The lowest BCUT2D eigenvalue weighted by molar-refractivity contribution is -0.119. The monoisotopic (exact) mass is 390 g/mol. The van der Waals surface area contributed by atoms with E-state index in [4.69, 9.17) is 20.9 Å². The van der Waals surface area contributed by atoms with Gasteiger partial charge in [-0.2, -0.15) is 15.0 Å². The maximum absolute atomic E-state index is 12.4. The van der Waals surface area contributed by atoms with E-state index in [1.54, 1.807) is 0 Å². The van der Waals surface area contributed by atoms with Crippen LogP contribution in [0.5, 0.6) is 11.5 Å². The van der Waals surface area contributed by atoms with E-state index in [0.717, 1.165) is 23.1 Å². The van der Waals surface area contributed by atoms with Crippen molar-refractivity contribution < 1.29 is 14.3 Å². The van der Waals surface area contributed by atoms with Crippen LogP contribution < -0.4 is 26.3 Å². The highest BCUT2D eigenvalue weighted by Gasteiger charge is 2.21. The molecule has 0 aliphatic carbocycles. The third kappa shape index (κ3) is 4.91. The maximum atomic E-state index is 12.4. The zero-order valence-electron chi connectivity index (χ0n) is 15.1. The standard InChI is InChI=1S/C17H22N6O3S/c1-9(2)14(10-3-4-11-12(7-10)26-6-5-25-11)20-13(24)8-27-17-22-15(18)21-16(19)23-17/h3-4,7,9,14H,5-6,8H2,1-2H3,(H,20,24)(H4,18,19,21,22,23)/t14-/m0/s1. The zero-order valence-corrected chi connectivity index (χ0v) is 16.0. The Bertz CT molecular complexity index is 812. The lowest BCUT2D eigenvalue weighted by Gasteiger charge is -2.25. The molecule has 27 heavy (non-hydrogen) atoms. The molecule has 0 unspecified atom stereocenters. The van der Waals surface area contributed by atoms with Gasteiger partial charge in [0.25, 0.3) is 0 Å². The van der Waals surface area contributed by atoms with Crippen LogP contribution in [0.15, 0.2) is 23.4 Å². The number of nitrogens with one attached hydrogen (secondary N) is 1. The third-order valence-corrected chi connectivity index (χ3v) is 4.74. The molecule has 10 heteroatoms. The lowest BCUT2D eigenvalue weighted by atomic mass is 9.95. The van der Waals surface area contributed by atoms with Gasteiger partial charge in [0, 0.05) is 0 Å². The molecule has 0 spiro atoms. The topological polar surface area (TPSA) is 138 Å². The smallest absolute Gasteiger partial charge is 0.230 e. The summed E-state index contributed by atoms with van der Waals surface area (Å²) < 4.78 is 11.2. The highest BCUT2D eigenvalue weighted by Crippen LogP contribution is 2.34. The molecule has 1 aliphatic heterocycles. The first-order valence-corrected chi connectivity index (χ1v) is 9.49. The molecular formula is C17H22N6O3S. The molecule has 0 radical (unpaired) electrons. The number of nitrogens with zero attached hydrogens (tertiary/aromatic N) is 3. The molecule has 2 aromatic rings. The molecule has 1 aromatic carbocycles. The minimum Gasteiger partial charge on any atom is -0.486 e. The highest BCUT2D eigenvalue weighted by atomic mass is 32.2. The van der Waals surface area contributed by atoms with Crippen LogP contribution in [0.3, 0.4) is 0 Å². The molecule has 0 fully saturated rings. The lowest BCUT2D eigenvalue weighted by Crippen LogP contribution is -2.33. The van der Waals surface area contributed by atoms with Gasteiger partial charge < -0.3 is 26.3 Å². The van der Waals surface area contributed by atoms with Gasteiger partial charge in [0.1, 0.15) is 13.2 Å². The number of hydrogen-bond acceptors (Lipinski definition) is 9. The van der Waals surface area contributed by atoms with Crippen LogP contribution in [0.1, 0.15) is 25.5 Å². The van der Waals surface area contributed by atoms with Crippen molar-refractivity contribution in [2.45, 2.75) is 25.0 Å². The first-order chi connectivity index (χ1) is 12.9. The SMILES string of the molecule is CC(C)[C@H](NC(=O)CSc1nc(N)nc(N)n1)c1ccc2c(c1)OCCO2. The number of aromatic nitrogens is 3. The van der Waals surface area contributed by atoms with Crippen molar-refractivity contribution in [1.82, 2.24) is 20.3 Å². The molecule has 1 aromatic heterocycles. The number of hydrogen-bond donors (Lipinski definition) is 3. The number of anilines is 2. The fraction of sp³-hybridized carbons (Fsp3) is 0.412. The predicted octanol–water partition coefficient (Wildman–Crippen LogP) is 1.41. The summed E-state index contributed by atoms with van der Waals surface area (Å²) in [5, 5.41) is 3.36. The van der Waals surface area contributed by atoms with Gasteiger partial charge in [0.05, 0.1) is 11.8 Å². The summed E-state index contributed by atoms with van der Waals surface area (Å²) in [5.74, 6) is 1.65. The number of benzene rings is 1. The highest BCUT2D eigenvalue weighted by molar-refractivity contribution is 7.99. The summed E-state index contributed by atoms with van der Waals surface area (Å²) in [5.41, 5.74) is 12.0. The molecule has 1 atom stereocenters. The van der Waals surface area contributed by atoms with Crippen LogP contribution in [0.4, 0.5) is 11.9 Å². The van der Waals surface area contributed by atoms with E-state index >= 15 is 0 Å². The molecule has 0 saturated carbocycles. The largest absolute Gasteiger partial charge is 0.486 e. The van der Waals surface area contributed by atoms with Gasteiger partial charge in [-0.05, 0) is 23.6 Å².